The Morgan fingerprint density at radius 2 is 2.32 bits per heavy atom. The van der Waals surface area contributed by atoms with Crippen molar-refractivity contribution in [3.8, 4) is 0 Å². The summed E-state index contributed by atoms with van der Waals surface area (Å²) >= 11 is 1.02. The van der Waals surface area contributed by atoms with Gasteiger partial charge in [-0.3, -0.25) is 19.3 Å². The van der Waals surface area contributed by atoms with Crippen LogP contribution in [0.1, 0.15) is 16.2 Å². The summed E-state index contributed by atoms with van der Waals surface area (Å²) < 4.78 is 1.32. The molecule has 0 atom stereocenters. The second-order valence-corrected chi connectivity index (χ2v) is 4.57. The number of amides is 1. The number of H-pyrrole nitrogens is 1. The summed E-state index contributed by atoms with van der Waals surface area (Å²) in [6.45, 7) is 1.59. The molecule has 8 nitrogen and oxygen atoms in total. The maximum absolute atomic E-state index is 11.7. The van der Waals surface area contributed by atoms with E-state index in [1.54, 1.807) is 12.3 Å². The third-order valence-electron chi connectivity index (χ3n) is 2.35. The molecule has 0 bridgehead atoms. The molecule has 0 unspecified atom stereocenters. The largest absolute Gasteiger partial charge is 0.477 e. The molecule has 2 heterocycles. The van der Waals surface area contributed by atoms with Crippen LogP contribution < -0.4 is 10.2 Å². The van der Waals surface area contributed by atoms with Gasteiger partial charge in [-0.2, -0.15) is 5.10 Å². The number of aryl methyl sites for hydroxylation is 1. The quantitative estimate of drug-likeness (QED) is 0.744. The number of carboxylic acids is 1. The van der Waals surface area contributed by atoms with Crippen LogP contribution in [0.3, 0.4) is 0 Å². The van der Waals surface area contributed by atoms with E-state index in [2.05, 4.69) is 15.5 Å². The topological polar surface area (TPSA) is 117 Å². The fourth-order valence-electron chi connectivity index (χ4n) is 1.42. The van der Waals surface area contributed by atoms with Gasteiger partial charge in [-0.05, 0) is 6.92 Å². The Hall–Kier alpha value is -2.42. The molecule has 0 fully saturated rings. The smallest absolute Gasteiger partial charge is 0.353 e. The maximum atomic E-state index is 11.7. The van der Waals surface area contributed by atoms with Crippen molar-refractivity contribution >= 4 is 29.0 Å². The molecule has 0 aliphatic heterocycles. The molecule has 19 heavy (non-hydrogen) atoms. The Balaban J connectivity index is 2.05. The van der Waals surface area contributed by atoms with Crippen LogP contribution in [-0.4, -0.2) is 31.7 Å². The van der Waals surface area contributed by atoms with Gasteiger partial charge < -0.3 is 10.4 Å². The van der Waals surface area contributed by atoms with Crippen LogP contribution in [0, 0.1) is 6.92 Å². The van der Waals surface area contributed by atoms with Crippen LogP contribution in [0.2, 0.25) is 0 Å². The highest BCUT2D eigenvalue weighted by molar-refractivity contribution is 7.07. The Bertz CT molecular complexity index is 684. The summed E-state index contributed by atoms with van der Waals surface area (Å²) in [6, 6.07) is 1.20. The predicted octanol–water partition coefficient (Wildman–Crippen LogP) is 0.278. The molecule has 0 spiro atoms. The van der Waals surface area contributed by atoms with Gasteiger partial charge in [-0.1, -0.05) is 11.3 Å². The number of aromatic carboxylic acids is 1. The SMILES string of the molecule is Cc1csc(=O)n1CC(=O)Nc1cc(C(=O)O)[nH]n1. The van der Waals surface area contributed by atoms with Crippen LogP contribution in [-0.2, 0) is 11.3 Å². The van der Waals surface area contributed by atoms with Crippen molar-refractivity contribution in [2.75, 3.05) is 5.32 Å². The number of aromatic nitrogens is 3. The van der Waals surface area contributed by atoms with Gasteiger partial charge in [-0.15, -0.1) is 0 Å². The van der Waals surface area contributed by atoms with Crippen molar-refractivity contribution in [2.45, 2.75) is 13.5 Å². The van der Waals surface area contributed by atoms with Crippen LogP contribution in [0.25, 0.3) is 0 Å². The number of hydrogen-bond acceptors (Lipinski definition) is 5. The monoisotopic (exact) mass is 282 g/mol. The van der Waals surface area contributed by atoms with Gasteiger partial charge in [0.15, 0.2) is 5.82 Å². The minimum absolute atomic E-state index is 0.100. The van der Waals surface area contributed by atoms with Crippen LogP contribution >= 0.6 is 11.3 Å². The average Bonchev–Trinajstić information content (AvgIpc) is 2.91. The predicted molar refractivity (Wildman–Crippen MR) is 67.5 cm³/mol. The molecule has 0 saturated heterocycles. The molecule has 2 aromatic heterocycles. The minimum atomic E-state index is -1.17. The van der Waals surface area contributed by atoms with Crippen molar-refractivity contribution in [3.05, 3.63) is 32.5 Å². The Labute approximate surface area is 110 Å². The first-order valence-electron chi connectivity index (χ1n) is 5.21. The van der Waals surface area contributed by atoms with E-state index in [1.165, 1.54) is 10.6 Å². The first kappa shape index (κ1) is 13.0. The minimum Gasteiger partial charge on any atom is -0.477 e. The van der Waals surface area contributed by atoms with Crippen molar-refractivity contribution in [2.24, 2.45) is 0 Å². The van der Waals surface area contributed by atoms with Gasteiger partial charge in [0.1, 0.15) is 12.2 Å². The Morgan fingerprint density at radius 3 is 2.84 bits per heavy atom. The number of thiazole rings is 1. The number of anilines is 1. The Kier molecular flexibility index (Phi) is 3.47. The fourth-order valence-corrected chi connectivity index (χ4v) is 2.15. The summed E-state index contributed by atoms with van der Waals surface area (Å²) in [5.41, 5.74) is 0.567. The van der Waals surface area contributed by atoms with Gasteiger partial charge in [0, 0.05) is 17.1 Å². The van der Waals surface area contributed by atoms with E-state index in [9.17, 15) is 14.4 Å². The first-order chi connectivity index (χ1) is 8.97. The average molecular weight is 282 g/mol. The molecule has 0 saturated carbocycles. The van der Waals surface area contributed by atoms with Gasteiger partial charge in [0.2, 0.25) is 5.91 Å². The van der Waals surface area contributed by atoms with Gasteiger partial charge in [-0.25, -0.2) is 4.79 Å². The summed E-state index contributed by atoms with van der Waals surface area (Å²) in [7, 11) is 0. The molecular formula is C10H10N4O4S. The summed E-state index contributed by atoms with van der Waals surface area (Å²) in [5.74, 6) is -1.52. The summed E-state index contributed by atoms with van der Waals surface area (Å²) in [4.78, 5) is 33.5. The number of nitrogens with zero attached hydrogens (tertiary/aromatic N) is 2. The molecule has 2 rings (SSSR count). The Morgan fingerprint density at radius 1 is 1.58 bits per heavy atom. The molecule has 0 radical (unpaired) electrons. The lowest BCUT2D eigenvalue weighted by Crippen LogP contribution is -2.25. The summed E-state index contributed by atoms with van der Waals surface area (Å²) in [5, 5.41) is 18.6. The van der Waals surface area contributed by atoms with Crippen molar-refractivity contribution in [1.82, 2.24) is 14.8 Å². The second-order valence-electron chi connectivity index (χ2n) is 3.75. The van der Waals surface area contributed by atoms with E-state index in [-0.39, 0.29) is 22.9 Å². The first-order valence-corrected chi connectivity index (χ1v) is 6.09. The van der Waals surface area contributed by atoms with Crippen LogP contribution in [0.15, 0.2) is 16.2 Å². The second kappa shape index (κ2) is 5.06. The molecule has 0 aliphatic rings. The van der Waals surface area contributed by atoms with Crippen molar-refractivity contribution in [1.29, 1.82) is 0 Å². The van der Waals surface area contributed by atoms with E-state index in [0.717, 1.165) is 11.3 Å². The number of hydrogen-bond donors (Lipinski definition) is 3. The normalized spacial score (nSPS) is 10.4. The molecule has 9 heteroatoms. The zero-order valence-electron chi connectivity index (χ0n) is 9.84. The standard InChI is InChI=1S/C10H10N4O4S/c1-5-4-19-10(18)14(5)3-8(15)11-7-2-6(9(16)17)12-13-7/h2,4H,3H2,1H3,(H,16,17)(H2,11,12,13,15). The number of rotatable bonds is 4. The molecule has 0 aliphatic carbocycles. The highest BCUT2D eigenvalue weighted by Gasteiger charge is 2.12. The lowest BCUT2D eigenvalue weighted by molar-refractivity contribution is -0.116. The molecule has 2 aromatic rings. The van der Waals surface area contributed by atoms with Crippen molar-refractivity contribution < 1.29 is 14.7 Å². The highest BCUT2D eigenvalue weighted by atomic mass is 32.1. The van der Waals surface area contributed by atoms with Crippen molar-refractivity contribution in [3.63, 3.8) is 0 Å². The van der Waals surface area contributed by atoms with E-state index in [0.29, 0.717) is 5.69 Å². The number of nitrogens with one attached hydrogen (secondary N) is 2. The lowest BCUT2D eigenvalue weighted by Gasteiger charge is -2.03. The van der Waals surface area contributed by atoms with Crippen LogP contribution in [0.5, 0.6) is 0 Å². The van der Waals surface area contributed by atoms with Gasteiger partial charge in [0.05, 0.1) is 0 Å². The van der Waals surface area contributed by atoms with E-state index < -0.39 is 11.9 Å². The molecule has 1 amide bonds. The van der Waals surface area contributed by atoms with Gasteiger partial charge >= 0.3 is 10.8 Å². The zero-order valence-corrected chi connectivity index (χ0v) is 10.7. The number of aromatic amines is 1. The number of carbonyl (C=O) groups is 2. The third kappa shape index (κ3) is 2.88. The van der Waals surface area contributed by atoms with E-state index in [1.807, 2.05) is 0 Å². The number of carboxylic acid groups (broad SMARTS) is 1. The lowest BCUT2D eigenvalue weighted by atomic mass is 10.4. The fraction of sp³-hybridized carbons (Fsp3) is 0.200. The molecule has 100 valence electrons. The molecule has 3 N–H and O–H groups in total. The van der Waals surface area contributed by atoms with Gasteiger partial charge in [0.25, 0.3) is 0 Å². The zero-order chi connectivity index (χ0) is 14.0. The van der Waals surface area contributed by atoms with E-state index in [4.69, 9.17) is 5.11 Å². The molecule has 0 aromatic carbocycles. The third-order valence-corrected chi connectivity index (χ3v) is 3.23. The van der Waals surface area contributed by atoms with Crippen LogP contribution in [0.4, 0.5) is 5.82 Å². The summed E-state index contributed by atoms with van der Waals surface area (Å²) in [6.07, 6.45) is 0. The maximum Gasteiger partial charge on any atom is 0.353 e. The highest BCUT2D eigenvalue weighted by Crippen LogP contribution is 2.06. The number of carbonyl (C=O) groups excluding carboxylic acids is 1. The molecular weight excluding hydrogens is 272 g/mol. The van der Waals surface area contributed by atoms with E-state index >= 15 is 0 Å².